The minimum Gasteiger partial charge on any atom is -0.394 e. The van der Waals surface area contributed by atoms with Crippen LogP contribution in [0.4, 0.5) is 5.95 Å². The van der Waals surface area contributed by atoms with E-state index in [0.29, 0.717) is 0 Å². The predicted molar refractivity (Wildman–Crippen MR) is 85.8 cm³/mol. The van der Waals surface area contributed by atoms with E-state index in [1.165, 1.54) is 0 Å². The van der Waals surface area contributed by atoms with Crippen molar-refractivity contribution in [2.24, 2.45) is 5.92 Å². The van der Waals surface area contributed by atoms with Crippen LogP contribution in [0.15, 0.2) is 6.07 Å². The molecule has 6 nitrogen and oxygen atoms in total. The zero-order valence-corrected chi connectivity index (χ0v) is 13.7. The van der Waals surface area contributed by atoms with E-state index in [2.05, 4.69) is 20.2 Å². The molecular formula is C16H26N4O2. The molecule has 0 spiro atoms. The summed E-state index contributed by atoms with van der Waals surface area (Å²) >= 11 is 0. The van der Waals surface area contributed by atoms with Crippen molar-refractivity contribution in [1.82, 2.24) is 15.3 Å². The first kappa shape index (κ1) is 16.7. The van der Waals surface area contributed by atoms with Gasteiger partial charge in [-0.3, -0.25) is 4.79 Å². The molecule has 22 heavy (non-hydrogen) atoms. The van der Waals surface area contributed by atoms with Crippen LogP contribution >= 0.6 is 0 Å². The summed E-state index contributed by atoms with van der Waals surface area (Å²) in [5.41, 5.74) is 1.94. The van der Waals surface area contributed by atoms with Gasteiger partial charge in [0, 0.05) is 30.4 Å². The highest BCUT2D eigenvalue weighted by atomic mass is 16.3. The quantitative estimate of drug-likeness (QED) is 0.854. The Balaban J connectivity index is 1.91. The molecule has 0 radical (unpaired) electrons. The molecular weight excluding hydrogens is 280 g/mol. The number of amides is 1. The standard InChI is InChI=1S/C16H26N4O2/c1-4-14(10-21)19-15(22)13-5-7-20(8-6-13)16-17-11(2)9-12(3)18-16/h9,13-14,21H,4-8,10H2,1-3H3,(H,19,22). The second-order valence-electron chi connectivity index (χ2n) is 6.01. The summed E-state index contributed by atoms with van der Waals surface area (Å²) in [5.74, 6) is 0.836. The number of nitrogens with zero attached hydrogens (tertiary/aromatic N) is 3. The van der Waals surface area contributed by atoms with Gasteiger partial charge < -0.3 is 15.3 Å². The third-order valence-corrected chi connectivity index (χ3v) is 4.18. The Bertz CT molecular complexity index is 489. The van der Waals surface area contributed by atoms with Crippen molar-refractivity contribution in [3.05, 3.63) is 17.5 Å². The molecule has 1 amide bonds. The lowest BCUT2D eigenvalue weighted by atomic mass is 9.95. The molecule has 1 atom stereocenters. The average Bonchev–Trinajstić information content (AvgIpc) is 2.51. The Morgan fingerprint density at radius 2 is 1.95 bits per heavy atom. The zero-order chi connectivity index (χ0) is 16.1. The van der Waals surface area contributed by atoms with Gasteiger partial charge in [0.2, 0.25) is 11.9 Å². The molecule has 1 aliphatic heterocycles. The maximum absolute atomic E-state index is 12.2. The summed E-state index contributed by atoms with van der Waals surface area (Å²) in [6, 6.07) is 1.83. The van der Waals surface area contributed by atoms with Crippen molar-refractivity contribution in [3.8, 4) is 0 Å². The number of hydrogen-bond acceptors (Lipinski definition) is 5. The fraction of sp³-hybridized carbons (Fsp3) is 0.688. The van der Waals surface area contributed by atoms with Crippen molar-refractivity contribution in [3.63, 3.8) is 0 Å². The van der Waals surface area contributed by atoms with Crippen molar-refractivity contribution >= 4 is 11.9 Å². The van der Waals surface area contributed by atoms with E-state index in [1.807, 2.05) is 26.8 Å². The number of nitrogens with one attached hydrogen (secondary N) is 1. The van der Waals surface area contributed by atoms with Crippen molar-refractivity contribution in [1.29, 1.82) is 0 Å². The van der Waals surface area contributed by atoms with Gasteiger partial charge in [-0.05, 0) is 39.2 Å². The Hall–Kier alpha value is -1.69. The highest BCUT2D eigenvalue weighted by molar-refractivity contribution is 5.79. The highest BCUT2D eigenvalue weighted by Gasteiger charge is 2.27. The number of aromatic nitrogens is 2. The number of hydrogen-bond donors (Lipinski definition) is 2. The molecule has 1 aliphatic rings. The summed E-state index contributed by atoms with van der Waals surface area (Å²) in [7, 11) is 0. The van der Waals surface area contributed by atoms with E-state index in [0.717, 1.165) is 49.7 Å². The van der Waals surface area contributed by atoms with Crippen molar-refractivity contribution in [2.75, 3.05) is 24.6 Å². The van der Waals surface area contributed by atoms with Crippen LogP contribution in [0.3, 0.4) is 0 Å². The fourth-order valence-electron chi connectivity index (χ4n) is 2.79. The number of aliphatic hydroxyl groups excluding tert-OH is 1. The Morgan fingerprint density at radius 1 is 1.36 bits per heavy atom. The number of rotatable bonds is 5. The maximum atomic E-state index is 12.2. The molecule has 0 aromatic carbocycles. The first-order chi connectivity index (χ1) is 10.5. The van der Waals surface area contributed by atoms with Gasteiger partial charge in [-0.15, -0.1) is 0 Å². The molecule has 6 heteroatoms. The van der Waals surface area contributed by atoms with Gasteiger partial charge in [0.1, 0.15) is 0 Å². The lowest BCUT2D eigenvalue weighted by molar-refractivity contribution is -0.126. The van der Waals surface area contributed by atoms with E-state index in [1.54, 1.807) is 0 Å². The lowest BCUT2D eigenvalue weighted by Gasteiger charge is -2.32. The topological polar surface area (TPSA) is 78.4 Å². The van der Waals surface area contributed by atoms with Crippen LogP contribution in [0, 0.1) is 19.8 Å². The Morgan fingerprint density at radius 3 is 2.45 bits per heavy atom. The van der Waals surface area contributed by atoms with Gasteiger partial charge in [0.15, 0.2) is 0 Å². The summed E-state index contributed by atoms with van der Waals surface area (Å²) in [6.07, 6.45) is 2.34. The highest BCUT2D eigenvalue weighted by Crippen LogP contribution is 2.21. The van der Waals surface area contributed by atoms with Gasteiger partial charge >= 0.3 is 0 Å². The van der Waals surface area contributed by atoms with Crippen LogP contribution in [-0.2, 0) is 4.79 Å². The van der Waals surface area contributed by atoms with Crippen LogP contribution in [-0.4, -0.2) is 46.7 Å². The number of aryl methyl sites for hydroxylation is 2. The van der Waals surface area contributed by atoms with Crippen molar-refractivity contribution in [2.45, 2.75) is 46.1 Å². The van der Waals surface area contributed by atoms with Gasteiger partial charge in [-0.25, -0.2) is 9.97 Å². The maximum Gasteiger partial charge on any atom is 0.225 e. The SMILES string of the molecule is CCC(CO)NC(=O)C1CCN(c2nc(C)cc(C)n2)CC1. The molecule has 1 saturated heterocycles. The van der Waals surface area contributed by atoms with Crippen molar-refractivity contribution < 1.29 is 9.90 Å². The van der Waals surface area contributed by atoms with Gasteiger partial charge in [-0.2, -0.15) is 0 Å². The summed E-state index contributed by atoms with van der Waals surface area (Å²) < 4.78 is 0. The zero-order valence-electron chi connectivity index (χ0n) is 13.7. The van der Waals surface area contributed by atoms with E-state index in [-0.39, 0.29) is 24.5 Å². The van der Waals surface area contributed by atoms with Crippen LogP contribution in [0.25, 0.3) is 0 Å². The summed E-state index contributed by atoms with van der Waals surface area (Å²) in [5, 5.41) is 12.1. The number of carbonyl (C=O) groups is 1. The number of piperidine rings is 1. The third-order valence-electron chi connectivity index (χ3n) is 4.18. The predicted octanol–water partition coefficient (Wildman–Crippen LogP) is 1.20. The van der Waals surface area contributed by atoms with Crippen LogP contribution in [0.1, 0.15) is 37.6 Å². The van der Waals surface area contributed by atoms with E-state index in [9.17, 15) is 9.90 Å². The Labute approximate surface area is 132 Å². The molecule has 2 N–H and O–H groups in total. The average molecular weight is 306 g/mol. The molecule has 1 unspecified atom stereocenters. The molecule has 1 aromatic heterocycles. The molecule has 0 aliphatic carbocycles. The minimum absolute atomic E-state index is 0.00249. The monoisotopic (exact) mass is 306 g/mol. The number of aliphatic hydroxyl groups is 1. The van der Waals surface area contributed by atoms with Gasteiger partial charge in [0.05, 0.1) is 12.6 Å². The van der Waals surface area contributed by atoms with Crippen LogP contribution in [0.5, 0.6) is 0 Å². The van der Waals surface area contributed by atoms with Crippen LogP contribution in [0.2, 0.25) is 0 Å². The lowest BCUT2D eigenvalue weighted by Crippen LogP contribution is -2.45. The molecule has 1 aromatic rings. The fourth-order valence-corrected chi connectivity index (χ4v) is 2.79. The Kier molecular flexibility index (Phi) is 5.71. The second kappa shape index (κ2) is 7.54. The van der Waals surface area contributed by atoms with E-state index in [4.69, 9.17) is 0 Å². The number of carbonyl (C=O) groups excluding carboxylic acids is 1. The number of anilines is 1. The minimum atomic E-state index is -0.131. The molecule has 122 valence electrons. The first-order valence-corrected chi connectivity index (χ1v) is 8.02. The van der Waals surface area contributed by atoms with E-state index >= 15 is 0 Å². The van der Waals surface area contributed by atoms with Gasteiger partial charge in [0.25, 0.3) is 0 Å². The van der Waals surface area contributed by atoms with Gasteiger partial charge in [-0.1, -0.05) is 6.92 Å². The summed E-state index contributed by atoms with van der Waals surface area (Å²) in [6.45, 7) is 7.47. The molecule has 0 saturated carbocycles. The first-order valence-electron chi connectivity index (χ1n) is 8.02. The molecule has 1 fully saturated rings. The smallest absolute Gasteiger partial charge is 0.225 e. The normalized spacial score (nSPS) is 17.4. The summed E-state index contributed by atoms with van der Waals surface area (Å²) in [4.78, 5) is 23.3. The third kappa shape index (κ3) is 4.16. The largest absolute Gasteiger partial charge is 0.394 e. The second-order valence-corrected chi connectivity index (χ2v) is 6.01. The molecule has 0 bridgehead atoms. The van der Waals surface area contributed by atoms with Crippen LogP contribution < -0.4 is 10.2 Å². The molecule has 2 heterocycles. The van der Waals surface area contributed by atoms with E-state index < -0.39 is 0 Å². The molecule has 2 rings (SSSR count).